The molecule has 0 spiro atoms. The van der Waals surface area contributed by atoms with Crippen LogP contribution in [0.25, 0.3) is 0 Å². The maximum atomic E-state index is 11.4. The number of nitrogens with one attached hydrogen (secondary N) is 1. The molecule has 3 N–H and O–H groups in total. The summed E-state index contributed by atoms with van der Waals surface area (Å²) < 4.78 is 0. The molecule has 17 heavy (non-hydrogen) atoms. The van der Waals surface area contributed by atoms with Gasteiger partial charge in [-0.05, 0) is 25.3 Å². The largest absolute Gasteiger partial charge is 0.335 e. The summed E-state index contributed by atoms with van der Waals surface area (Å²) in [5.74, 6) is -0.168. The number of hydrogen-bond acceptors (Lipinski definition) is 2. The Bertz CT molecular complexity index is 228. The minimum atomic E-state index is -0.547. The van der Waals surface area contributed by atoms with Crippen LogP contribution < -0.4 is 11.1 Å². The fraction of sp³-hybridized carbons (Fsp3) is 0.786. The van der Waals surface area contributed by atoms with Crippen molar-refractivity contribution in [3.8, 4) is 0 Å². The van der Waals surface area contributed by atoms with Gasteiger partial charge in [0.05, 0.1) is 5.66 Å². The summed E-state index contributed by atoms with van der Waals surface area (Å²) in [6.45, 7) is 7.79. The molecule has 3 nitrogen and oxygen atoms in total. The lowest BCUT2D eigenvalue weighted by molar-refractivity contribution is -0.118. The zero-order chi connectivity index (χ0) is 13.1. The van der Waals surface area contributed by atoms with Crippen molar-refractivity contribution >= 4 is 5.91 Å². The lowest BCUT2D eigenvalue weighted by Crippen LogP contribution is -2.55. The predicted molar refractivity (Wildman–Crippen MR) is 73.5 cm³/mol. The third-order valence-electron chi connectivity index (χ3n) is 3.01. The molecule has 0 bridgehead atoms. The maximum absolute atomic E-state index is 11.4. The van der Waals surface area contributed by atoms with Crippen molar-refractivity contribution in [2.24, 2.45) is 5.73 Å². The van der Waals surface area contributed by atoms with Crippen molar-refractivity contribution in [2.45, 2.75) is 70.9 Å². The van der Waals surface area contributed by atoms with Crippen molar-refractivity contribution < 1.29 is 4.79 Å². The molecule has 0 heterocycles. The van der Waals surface area contributed by atoms with Crippen molar-refractivity contribution in [3.63, 3.8) is 0 Å². The summed E-state index contributed by atoms with van der Waals surface area (Å²) >= 11 is 0. The topological polar surface area (TPSA) is 55.1 Å². The van der Waals surface area contributed by atoms with E-state index in [-0.39, 0.29) is 5.91 Å². The van der Waals surface area contributed by atoms with E-state index in [1.807, 2.05) is 0 Å². The molecule has 0 fully saturated rings. The van der Waals surface area contributed by atoms with Crippen LogP contribution in [0, 0.1) is 0 Å². The number of nitrogens with two attached hydrogens (primary N) is 1. The molecular formula is C14H28N2O. The predicted octanol–water partition coefficient (Wildman–Crippen LogP) is 3.10. The monoisotopic (exact) mass is 240 g/mol. The molecule has 0 aromatic rings. The van der Waals surface area contributed by atoms with Crippen LogP contribution in [0.5, 0.6) is 0 Å². The third-order valence-corrected chi connectivity index (χ3v) is 3.01. The summed E-state index contributed by atoms with van der Waals surface area (Å²) in [7, 11) is 0. The van der Waals surface area contributed by atoms with Gasteiger partial charge in [-0.3, -0.25) is 4.79 Å². The molecule has 0 saturated carbocycles. The van der Waals surface area contributed by atoms with E-state index in [1.165, 1.54) is 25.3 Å². The van der Waals surface area contributed by atoms with Crippen LogP contribution in [0.1, 0.15) is 65.2 Å². The number of amides is 1. The van der Waals surface area contributed by atoms with Crippen molar-refractivity contribution in [3.05, 3.63) is 12.7 Å². The van der Waals surface area contributed by atoms with E-state index >= 15 is 0 Å². The van der Waals surface area contributed by atoms with Crippen LogP contribution in [0.4, 0.5) is 0 Å². The van der Waals surface area contributed by atoms with Crippen molar-refractivity contribution in [2.75, 3.05) is 0 Å². The molecule has 0 aliphatic carbocycles. The molecule has 0 aromatic carbocycles. The molecule has 0 saturated heterocycles. The molecule has 1 unspecified atom stereocenters. The molecule has 0 rings (SSSR count). The van der Waals surface area contributed by atoms with Crippen LogP contribution in [-0.4, -0.2) is 11.6 Å². The summed E-state index contributed by atoms with van der Waals surface area (Å²) in [4.78, 5) is 11.4. The Hall–Kier alpha value is -0.830. The van der Waals surface area contributed by atoms with Gasteiger partial charge in [0, 0.05) is 0 Å². The minimum Gasteiger partial charge on any atom is -0.335 e. The van der Waals surface area contributed by atoms with Crippen LogP contribution in [0.15, 0.2) is 12.7 Å². The van der Waals surface area contributed by atoms with E-state index in [0.29, 0.717) is 0 Å². The summed E-state index contributed by atoms with van der Waals surface area (Å²) in [6, 6.07) is 0. The van der Waals surface area contributed by atoms with E-state index < -0.39 is 5.66 Å². The van der Waals surface area contributed by atoms with Gasteiger partial charge in [0.2, 0.25) is 5.91 Å². The van der Waals surface area contributed by atoms with Crippen molar-refractivity contribution in [1.82, 2.24) is 5.32 Å². The Labute approximate surface area is 106 Å². The van der Waals surface area contributed by atoms with Gasteiger partial charge in [-0.15, -0.1) is 0 Å². The van der Waals surface area contributed by atoms with Gasteiger partial charge >= 0.3 is 0 Å². The highest BCUT2D eigenvalue weighted by Gasteiger charge is 2.24. The standard InChI is InChI=1S/C14H28N2O/c1-4-7-9-10-12-14(15,11-8-5-2)16-13(17)6-3/h6H,3-5,7-12,15H2,1-2H3,(H,16,17). The highest BCUT2D eigenvalue weighted by atomic mass is 16.1. The van der Waals surface area contributed by atoms with Gasteiger partial charge in [0.1, 0.15) is 0 Å². The summed E-state index contributed by atoms with van der Waals surface area (Å²) in [5, 5.41) is 2.88. The molecule has 0 aliphatic rings. The molecule has 1 atom stereocenters. The van der Waals surface area contributed by atoms with E-state index in [0.717, 1.165) is 32.1 Å². The Morgan fingerprint density at radius 3 is 2.29 bits per heavy atom. The number of rotatable bonds is 10. The Morgan fingerprint density at radius 1 is 1.18 bits per heavy atom. The second kappa shape index (κ2) is 9.23. The van der Waals surface area contributed by atoms with E-state index in [1.54, 1.807) is 0 Å². The molecular weight excluding hydrogens is 212 g/mol. The Kier molecular flexibility index (Phi) is 8.78. The van der Waals surface area contributed by atoms with Crippen LogP contribution >= 0.6 is 0 Å². The van der Waals surface area contributed by atoms with Gasteiger partial charge in [0.25, 0.3) is 0 Å². The minimum absolute atomic E-state index is 0.168. The molecule has 0 radical (unpaired) electrons. The molecule has 3 heteroatoms. The quantitative estimate of drug-likeness (QED) is 0.350. The second-order valence-electron chi connectivity index (χ2n) is 4.76. The normalized spacial score (nSPS) is 14.1. The number of carbonyl (C=O) groups is 1. The SMILES string of the molecule is C=CC(=O)NC(N)(CCCC)CCCCCC. The third kappa shape index (κ3) is 7.97. The highest BCUT2D eigenvalue weighted by Crippen LogP contribution is 2.17. The first kappa shape index (κ1) is 16.2. The molecule has 100 valence electrons. The van der Waals surface area contributed by atoms with Gasteiger partial charge in [0.15, 0.2) is 0 Å². The molecule has 0 aliphatic heterocycles. The number of hydrogen-bond donors (Lipinski definition) is 2. The smallest absolute Gasteiger partial charge is 0.244 e. The highest BCUT2D eigenvalue weighted by molar-refractivity contribution is 5.87. The van der Waals surface area contributed by atoms with Crippen LogP contribution in [-0.2, 0) is 4.79 Å². The van der Waals surface area contributed by atoms with Gasteiger partial charge in [-0.2, -0.15) is 0 Å². The lowest BCUT2D eigenvalue weighted by Gasteiger charge is -2.30. The zero-order valence-electron chi connectivity index (χ0n) is 11.4. The van der Waals surface area contributed by atoms with Crippen molar-refractivity contribution in [1.29, 1.82) is 0 Å². The first-order valence-corrected chi connectivity index (χ1v) is 6.81. The van der Waals surface area contributed by atoms with Gasteiger partial charge < -0.3 is 11.1 Å². The Morgan fingerprint density at radius 2 is 1.76 bits per heavy atom. The average Bonchev–Trinajstić information content (AvgIpc) is 2.32. The average molecular weight is 240 g/mol. The lowest BCUT2D eigenvalue weighted by atomic mass is 9.96. The first-order chi connectivity index (χ1) is 8.08. The zero-order valence-corrected chi connectivity index (χ0v) is 11.4. The fourth-order valence-electron chi connectivity index (χ4n) is 1.91. The Balaban J connectivity index is 4.17. The number of unbranched alkanes of at least 4 members (excludes halogenated alkanes) is 4. The van der Waals surface area contributed by atoms with Gasteiger partial charge in [-0.1, -0.05) is 52.5 Å². The summed E-state index contributed by atoms with van der Waals surface area (Å²) in [5.41, 5.74) is 5.72. The van der Waals surface area contributed by atoms with Crippen LogP contribution in [0.3, 0.4) is 0 Å². The van der Waals surface area contributed by atoms with Crippen LogP contribution in [0.2, 0.25) is 0 Å². The van der Waals surface area contributed by atoms with E-state index in [4.69, 9.17) is 5.73 Å². The first-order valence-electron chi connectivity index (χ1n) is 6.81. The van der Waals surface area contributed by atoms with Gasteiger partial charge in [-0.25, -0.2) is 0 Å². The van der Waals surface area contributed by atoms with E-state index in [2.05, 4.69) is 25.7 Å². The second-order valence-corrected chi connectivity index (χ2v) is 4.76. The molecule has 1 amide bonds. The number of carbonyl (C=O) groups excluding carboxylic acids is 1. The molecule has 0 aromatic heterocycles. The fourth-order valence-corrected chi connectivity index (χ4v) is 1.91. The summed E-state index contributed by atoms with van der Waals surface area (Å²) in [6.07, 6.45) is 9.84. The van der Waals surface area contributed by atoms with E-state index in [9.17, 15) is 4.79 Å². The maximum Gasteiger partial charge on any atom is 0.244 e.